The lowest BCUT2D eigenvalue weighted by atomic mass is 10.0. The number of likely N-dealkylation sites (tertiary alicyclic amines) is 1. The maximum Gasteiger partial charge on any atom is 0.246 e. The summed E-state index contributed by atoms with van der Waals surface area (Å²) in [5.41, 5.74) is 3.42. The minimum Gasteiger partial charge on any atom is -0.494 e. The summed E-state index contributed by atoms with van der Waals surface area (Å²) in [6.45, 7) is 6.34. The van der Waals surface area contributed by atoms with Crippen molar-refractivity contribution in [1.82, 2.24) is 19.3 Å². The highest BCUT2D eigenvalue weighted by molar-refractivity contribution is 5.87. The quantitative estimate of drug-likeness (QED) is 0.318. The van der Waals surface area contributed by atoms with Crippen LogP contribution in [0.3, 0.4) is 0 Å². The van der Waals surface area contributed by atoms with E-state index in [1.54, 1.807) is 42.7 Å². The number of piperidine rings is 1. The Labute approximate surface area is 208 Å². The van der Waals surface area contributed by atoms with Crippen LogP contribution in [-0.4, -0.2) is 38.8 Å². The summed E-state index contributed by atoms with van der Waals surface area (Å²) in [5.74, 6) is 0.863. The van der Waals surface area contributed by atoms with E-state index in [4.69, 9.17) is 14.5 Å². The first-order valence-electron chi connectivity index (χ1n) is 11.9. The van der Waals surface area contributed by atoms with Gasteiger partial charge in [-0.1, -0.05) is 12.6 Å². The molecule has 2 aromatic carbocycles. The van der Waals surface area contributed by atoms with Gasteiger partial charge in [0.25, 0.3) is 0 Å². The number of hydrogen-bond donors (Lipinski definition) is 0. The summed E-state index contributed by atoms with van der Waals surface area (Å²) in [5, 5.41) is 0. The van der Waals surface area contributed by atoms with E-state index in [1.807, 2.05) is 24.0 Å². The minimum atomic E-state index is -0.554. The molecule has 184 valence electrons. The Balaban J connectivity index is 1.52. The highest BCUT2D eigenvalue weighted by atomic mass is 19.1. The fraction of sp³-hybridized carbons (Fsp3) is 0.250. The normalized spacial score (nSPS) is 15.6. The lowest BCUT2D eigenvalue weighted by molar-refractivity contribution is -0.129. The molecule has 7 nitrogen and oxygen atoms in total. The Hall–Kier alpha value is -4.20. The Morgan fingerprint density at radius 1 is 1.14 bits per heavy atom. The Kier molecular flexibility index (Phi) is 6.41. The van der Waals surface area contributed by atoms with Gasteiger partial charge in [-0.2, -0.15) is 4.39 Å². The summed E-state index contributed by atoms with van der Waals surface area (Å²) in [7, 11) is 1.41. The van der Waals surface area contributed by atoms with Crippen molar-refractivity contribution in [2.24, 2.45) is 0 Å². The molecule has 4 aromatic rings. The minimum absolute atomic E-state index is 0.0842. The topological polar surface area (TPSA) is 69.0 Å². The standard InChI is InChI=1S/C28H27FN4O3/c1-4-25(34)32-15-6-5-8-21(32)28-31-27(22-17-30-16-18(2)33(22)28)19-11-13-20(14-12-19)36-24-10-7-9-23(35-3)26(24)29/h4,7,9-14,16-17,21H,1,5-6,8,15H2,2-3H3. The van der Waals surface area contributed by atoms with Gasteiger partial charge in [-0.05, 0) is 68.7 Å². The summed E-state index contributed by atoms with van der Waals surface area (Å²) in [6, 6.07) is 11.9. The number of benzene rings is 2. The van der Waals surface area contributed by atoms with Gasteiger partial charge in [0.2, 0.25) is 11.7 Å². The first-order valence-corrected chi connectivity index (χ1v) is 11.9. The van der Waals surface area contributed by atoms with Gasteiger partial charge in [-0.25, -0.2) is 4.98 Å². The monoisotopic (exact) mass is 486 g/mol. The highest BCUT2D eigenvalue weighted by Crippen LogP contribution is 2.36. The molecule has 1 aliphatic rings. The van der Waals surface area contributed by atoms with Crippen molar-refractivity contribution >= 4 is 11.4 Å². The van der Waals surface area contributed by atoms with Crippen LogP contribution in [0.15, 0.2) is 67.5 Å². The Morgan fingerprint density at radius 2 is 1.92 bits per heavy atom. The number of rotatable bonds is 6. The zero-order valence-corrected chi connectivity index (χ0v) is 20.3. The van der Waals surface area contributed by atoms with Crippen LogP contribution in [0.5, 0.6) is 17.2 Å². The van der Waals surface area contributed by atoms with Crippen LogP contribution < -0.4 is 9.47 Å². The number of carbonyl (C=O) groups excluding carboxylic acids is 1. The summed E-state index contributed by atoms with van der Waals surface area (Å²) >= 11 is 0. The molecule has 0 bridgehead atoms. The maximum atomic E-state index is 14.5. The molecule has 0 radical (unpaired) electrons. The fourth-order valence-corrected chi connectivity index (χ4v) is 4.77. The molecule has 0 aliphatic carbocycles. The molecule has 1 amide bonds. The van der Waals surface area contributed by atoms with Crippen LogP contribution in [0.25, 0.3) is 16.8 Å². The van der Waals surface area contributed by atoms with E-state index in [1.165, 1.54) is 13.2 Å². The number of carbonyl (C=O) groups is 1. The molecular weight excluding hydrogens is 459 g/mol. The second kappa shape index (κ2) is 9.81. The molecule has 0 N–H and O–H groups in total. The lowest BCUT2D eigenvalue weighted by Crippen LogP contribution is -2.38. The number of aromatic nitrogens is 3. The van der Waals surface area contributed by atoms with E-state index in [9.17, 15) is 9.18 Å². The van der Waals surface area contributed by atoms with Crippen molar-refractivity contribution in [3.63, 3.8) is 0 Å². The molecule has 36 heavy (non-hydrogen) atoms. The van der Waals surface area contributed by atoms with Gasteiger partial charge < -0.3 is 14.4 Å². The van der Waals surface area contributed by atoms with Crippen molar-refractivity contribution in [3.8, 4) is 28.5 Å². The van der Waals surface area contributed by atoms with E-state index in [0.29, 0.717) is 12.3 Å². The second-order valence-electron chi connectivity index (χ2n) is 8.73. The molecule has 1 atom stereocenters. The van der Waals surface area contributed by atoms with Crippen LogP contribution in [0.1, 0.15) is 36.8 Å². The van der Waals surface area contributed by atoms with Crippen molar-refractivity contribution in [1.29, 1.82) is 0 Å². The highest BCUT2D eigenvalue weighted by Gasteiger charge is 2.31. The van der Waals surface area contributed by atoms with E-state index in [0.717, 1.165) is 47.6 Å². The van der Waals surface area contributed by atoms with Crippen LogP contribution in [0.4, 0.5) is 4.39 Å². The van der Waals surface area contributed by atoms with E-state index >= 15 is 0 Å². The van der Waals surface area contributed by atoms with Crippen molar-refractivity contribution in [3.05, 3.63) is 84.8 Å². The first kappa shape index (κ1) is 23.5. The van der Waals surface area contributed by atoms with Crippen LogP contribution in [0, 0.1) is 12.7 Å². The largest absolute Gasteiger partial charge is 0.494 e. The number of hydrogen-bond acceptors (Lipinski definition) is 5. The predicted molar refractivity (Wildman–Crippen MR) is 135 cm³/mol. The van der Waals surface area contributed by atoms with E-state index < -0.39 is 5.82 Å². The number of ether oxygens (including phenoxy) is 2. The van der Waals surface area contributed by atoms with Gasteiger partial charge in [-0.15, -0.1) is 0 Å². The van der Waals surface area contributed by atoms with Crippen molar-refractivity contribution < 1.29 is 18.7 Å². The Morgan fingerprint density at radius 3 is 2.67 bits per heavy atom. The number of aryl methyl sites for hydroxylation is 1. The summed E-state index contributed by atoms with van der Waals surface area (Å²) in [4.78, 5) is 23.9. The predicted octanol–water partition coefficient (Wildman–Crippen LogP) is 5.88. The Bertz CT molecular complexity index is 1430. The van der Waals surface area contributed by atoms with Gasteiger partial charge in [0.1, 0.15) is 11.6 Å². The summed E-state index contributed by atoms with van der Waals surface area (Å²) in [6.07, 6.45) is 7.77. The zero-order valence-electron chi connectivity index (χ0n) is 20.3. The molecule has 0 saturated carbocycles. The number of fused-ring (bicyclic) bond motifs is 1. The van der Waals surface area contributed by atoms with Gasteiger partial charge in [-0.3, -0.25) is 14.2 Å². The average Bonchev–Trinajstić information content (AvgIpc) is 3.31. The third kappa shape index (κ3) is 4.19. The van der Waals surface area contributed by atoms with Crippen LogP contribution in [-0.2, 0) is 4.79 Å². The molecule has 3 heterocycles. The number of nitrogens with zero attached hydrogens (tertiary/aromatic N) is 4. The molecule has 5 rings (SSSR count). The summed E-state index contributed by atoms with van der Waals surface area (Å²) < 4.78 is 27.4. The lowest BCUT2D eigenvalue weighted by Gasteiger charge is -2.34. The fourth-order valence-electron chi connectivity index (χ4n) is 4.77. The maximum absolute atomic E-state index is 14.5. The van der Waals surface area contributed by atoms with Gasteiger partial charge >= 0.3 is 0 Å². The molecular formula is C28H27FN4O3. The number of amides is 1. The van der Waals surface area contributed by atoms with Gasteiger partial charge in [0, 0.05) is 24.0 Å². The van der Waals surface area contributed by atoms with E-state index in [2.05, 4.69) is 16.0 Å². The number of halogens is 1. The van der Waals surface area contributed by atoms with Gasteiger partial charge in [0.05, 0.1) is 30.6 Å². The molecule has 1 saturated heterocycles. The average molecular weight is 487 g/mol. The van der Waals surface area contributed by atoms with Crippen LogP contribution in [0.2, 0.25) is 0 Å². The molecule has 8 heteroatoms. The van der Waals surface area contributed by atoms with Crippen molar-refractivity contribution in [2.45, 2.75) is 32.2 Å². The number of imidazole rings is 1. The molecule has 1 unspecified atom stereocenters. The molecule has 1 aliphatic heterocycles. The molecule has 0 spiro atoms. The number of methoxy groups -OCH3 is 1. The zero-order chi connectivity index (χ0) is 25.2. The van der Waals surface area contributed by atoms with E-state index in [-0.39, 0.29) is 23.4 Å². The van der Waals surface area contributed by atoms with Crippen molar-refractivity contribution in [2.75, 3.05) is 13.7 Å². The molecule has 2 aromatic heterocycles. The third-order valence-corrected chi connectivity index (χ3v) is 6.51. The van der Waals surface area contributed by atoms with Crippen LogP contribution >= 0.6 is 0 Å². The third-order valence-electron chi connectivity index (χ3n) is 6.51. The van der Waals surface area contributed by atoms with Gasteiger partial charge in [0.15, 0.2) is 11.5 Å². The first-order chi connectivity index (χ1) is 17.5. The SMILES string of the molecule is C=CC(=O)N1CCCCC1c1nc(-c2ccc(Oc3cccc(OC)c3F)cc2)c2cncc(C)n12. The second-order valence-corrected chi connectivity index (χ2v) is 8.73. The smallest absolute Gasteiger partial charge is 0.246 e. The molecule has 1 fully saturated rings.